The molecule has 0 bridgehead atoms. The van der Waals surface area contributed by atoms with E-state index in [0.717, 1.165) is 107 Å². The minimum atomic E-state index is -0.893. The lowest BCUT2D eigenvalue weighted by molar-refractivity contribution is -0.158. The van der Waals surface area contributed by atoms with Crippen molar-refractivity contribution in [2.24, 2.45) is 11.8 Å². The lowest BCUT2D eigenvalue weighted by atomic mass is 9.71. The van der Waals surface area contributed by atoms with E-state index >= 15 is 0 Å². The molecule has 2 fully saturated rings. The van der Waals surface area contributed by atoms with Gasteiger partial charge in [-0.2, -0.15) is 0 Å². The van der Waals surface area contributed by atoms with Crippen LogP contribution in [0, 0.1) is 11.8 Å². The van der Waals surface area contributed by atoms with Crippen molar-refractivity contribution in [3.63, 3.8) is 0 Å². The monoisotopic (exact) mass is 648 g/mol. The topological polar surface area (TPSA) is 52.6 Å². The number of hydrogen-bond donors (Lipinski definition) is 0. The zero-order valence-electron chi connectivity index (χ0n) is 28.6. The van der Waals surface area contributed by atoms with E-state index in [0.29, 0.717) is 11.1 Å². The van der Waals surface area contributed by atoms with Crippen molar-refractivity contribution >= 4 is 11.9 Å². The Labute approximate surface area is 289 Å². The van der Waals surface area contributed by atoms with Crippen LogP contribution in [0.3, 0.4) is 0 Å². The Morgan fingerprint density at radius 1 is 0.531 bits per heavy atom. The quantitative estimate of drug-likeness (QED) is 0.148. The number of carbonyl (C=O) groups is 2. The number of ether oxygens (including phenoxy) is 2. The standard InChI is InChI=1S/C45H44O4/c1-28(2)42(46)48-44(32-14-6-5-7-15-32)38-20-12-10-18-34(38)36-24-22-30(26-40(36)44)31-23-25-37-35-19-11-13-21-39(35)45(41(37)27-31,33-16-8-9-17-33)49-43(47)29(3)4/h10-13,18-27,32-33H,1,3,5-9,14-17H2,2,4H3. The predicted molar refractivity (Wildman–Crippen MR) is 195 cm³/mol. The summed E-state index contributed by atoms with van der Waals surface area (Å²) in [5.41, 5.74) is 9.83. The van der Waals surface area contributed by atoms with Crippen molar-refractivity contribution in [3.8, 4) is 33.4 Å². The van der Waals surface area contributed by atoms with Gasteiger partial charge in [0.25, 0.3) is 0 Å². The van der Waals surface area contributed by atoms with Gasteiger partial charge in [0, 0.05) is 45.2 Å². The van der Waals surface area contributed by atoms with E-state index < -0.39 is 11.2 Å². The van der Waals surface area contributed by atoms with Crippen LogP contribution in [0.15, 0.2) is 109 Å². The molecule has 0 amide bonds. The summed E-state index contributed by atoms with van der Waals surface area (Å²) in [7, 11) is 0. The zero-order chi connectivity index (χ0) is 33.9. The maximum Gasteiger partial charge on any atom is 0.334 e. The Hall–Kier alpha value is -4.70. The summed E-state index contributed by atoms with van der Waals surface area (Å²) < 4.78 is 13.4. The molecule has 0 N–H and O–H groups in total. The third-order valence-corrected chi connectivity index (χ3v) is 11.7. The Kier molecular flexibility index (Phi) is 7.74. The first-order valence-electron chi connectivity index (χ1n) is 18.0. The first-order chi connectivity index (χ1) is 23.8. The third kappa shape index (κ3) is 4.78. The number of hydrogen-bond acceptors (Lipinski definition) is 4. The lowest BCUT2D eigenvalue weighted by Crippen LogP contribution is -2.41. The van der Waals surface area contributed by atoms with Crippen LogP contribution in [0.5, 0.6) is 0 Å². The summed E-state index contributed by atoms with van der Waals surface area (Å²) in [6.45, 7) is 11.4. The van der Waals surface area contributed by atoms with Gasteiger partial charge in [-0.1, -0.05) is 118 Å². The molecule has 0 aliphatic heterocycles. The first-order valence-corrected chi connectivity index (χ1v) is 18.0. The highest BCUT2D eigenvalue weighted by Gasteiger charge is 2.54. The molecular formula is C45H44O4. The molecule has 8 rings (SSSR count). The molecule has 0 spiro atoms. The second kappa shape index (κ2) is 12.0. The molecule has 0 radical (unpaired) electrons. The smallest absolute Gasteiger partial charge is 0.334 e. The molecule has 49 heavy (non-hydrogen) atoms. The second-order valence-electron chi connectivity index (χ2n) is 14.7. The minimum Gasteiger partial charge on any atom is -0.446 e. The van der Waals surface area contributed by atoms with Crippen LogP contribution in [0.2, 0.25) is 0 Å². The van der Waals surface area contributed by atoms with E-state index in [9.17, 15) is 9.59 Å². The van der Waals surface area contributed by atoms with Crippen LogP contribution < -0.4 is 0 Å². The van der Waals surface area contributed by atoms with Crippen molar-refractivity contribution in [3.05, 3.63) is 131 Å². The molecule has 4 aliphatic carbocycles. The summed E-state index contributed by atoms with van der Waals surface area (Å²) in [6, 6.07) is 30.1. The summed E-state index contributed by atoms with van der Waals surface area (Å²) in [5.74, 6) is -0.377. The van der Waals surface area contributed by atoms with Crippen LogP contribution in [0.25, 0.3) is 33.4 Å². The van der Waals surface area contributed by atoms with Crippen LogP contribution in [-0.4, -0.2) is 11.9 Å². The van der Waals surface area contributed by atoms with Gasteiger partial charge in [0.15, 0.2) is 11.2 Å². The molecule has 248 valence electrons. The van der Waals surface area contributed by atoms with Gasteiger partial charge in [0.1, 0.15) is 0 Å². The van der Waals surface area contributed by atoms with Crippen molar-refractivity contribution in [1.82, 2.24) is 0 Å². The number of benzene rings is 4. The average Bonchev–Trinajstić information content (AvgIpc) is 3.83. The van der Waals surface area contributed by atoms with Gasteiger partial charge in [-0.25, -0.2) is 9.59 Å². The molecule has 2 unspecified atom stereocenters. The maximum atomic E-state index is 13.5. The van der Waals surface area contributed by atoms with Gasteiger partial charge in [-0.05, 0) is 85.0 Å². The van der Waals surface area contributed by atoms with Crippen LogP contribution in [-0.2, 0) is 30.3 Å². The van der Waals surface area contributed by atoms with Crippen molar-refractivity contribution in [1.29, 1.82) is 0 Å². The van der Waals surface area contributed by atoms with Crippen LogP contribution >= 0.6 is 0 Å². The molecule has 4 aromatic carbocycles. The van der Waals surface area contributed by atoms with Crippen molar-refractivity contribution in [2.45, 2.75) is 82.8 Å². The van der Waals surface area contributed by atoms with Crippen LogP contribution in [0.1, 0.15) is 93.9 Å². The maximum absolute atomic E-state index is 13.5. The van der Waals surface area contributed by atoms with Gasteiger partial charge in [0.05, 0.1) is 0 Å². The predicted octanol–water partition coefficient (Wildman–Crippen LogP) is 10.8. The van der Waals surface area contributed by atoms with E-state index in [1.807, 2.05) is 0 Å². The molecule has 0 saturated heterocycles. The normalized spacial score (nSPS) is 22.5. The molecule has 2 saturated carbocycles. The Balaban J connectivity index is 1.32. The largest absolute Gasteiger partial charge is 0.446 e. The summed E-state index contributed by atoms with van der Waals surface area (Å²) >= 11 is 0. The van der Waals surface area contributed by atoms with E-state index in [2.05, 4.69) is 98.1 Å². The van der Waals surface area contributed by atoms with Crippen molar-refractivity contribution < 1.29 is 19.1 Å². The molecular weight excluding hydrogens is 604 g/mol. The van der Waals surface area contributed by atoms with E-state index in [-0.39, 0.29) is 23.8 Å². The molecule has 4 aromatic rings. The molecule has 0 aromatic heterocycles. The van der Waals surface area contributed by atoms with Crippen LogP contribution in [0.4, 0.5) is 0 Å². The number of rotatable bonds is 7. The fraction of sp³-hybridized carbons (Fsp3) is 0.333. The third-order valence-electron chi connectivity index (χ3n) is 11.7. The van der Waals surface area contributed by atoms with Gasteiger partial charge in [-0.3, -0.25) is 0 Å². The molecule has 4 heteroatoms. The Bertz CT molecular complexity index is 2020. The highest BCUT2D eigenvalue weighted by molar-refractivity contribution is 5.92. The minimum absolute atomic E-state index is 0.160. The van der Waals surface area contributed by atoms with Gasteiger partial charge in [0.2, 0.25) is 0 Å². The fourth-order valence-electron chi connectivity index (χ4n) is 9.48. The number of carbonyl (C=O) groups excluding carboxylic acids is 2. The molecule has 2 atom stereocenters. The number of esters is 2. The Morgan fingerprint density at radius 3 is 1.31 bits per heavy atom. The van der Waals surface area contributed by atoms with E-state index in [1.165, 1.54) is 6.42 Å². The molecule has 4 nitrogen and oxygen atoms in total. The first kappa shape index (κ1) is 31.6. The fourth-order valence-corrected chi connectivity index (χ4v) is 9.48. The van der Waals surface area contributed by atoms with Gasteiger partial charge < -0.3 is 9.47 Å². The highest BCUT2D eigenvalue weighted by atomic mass is 16.6. The molecule has 4 aliphatic rings. The lowest BCUT2D eigenvalue weighted by Gasteiger charge is -2.41. The highest BCUT2D eigenvalue weighted by Crippen LogP contribution is 2.60. The van der Waals surface area contributed by atoms with E-state index in [4.69, 9.17) is 9.47 Å². The summed E-state index contributed by atoms with van der Waals surface area (Å²) in [5, 5.41) is 0. The zero-order valence-corrected chi connectivity index (χ0v) is 28.6. The number of fused-ring (bicyclic) bond motifs is 6. The summed E-state index contributed by atoms with van der Waals surface area (Å²) in [6.07, 6.45) is 9.65. The Morgan fingerprint density at radius 2 is 0.898 bits per heavy atom. The SMILES string of the molecule is C=C(C)C(=O)OC1(C2CCCCC2)c2ccccc2-c2ccc(-c3ccc4c(c3)C(OC(=O)C(=C)C)(C3CCCC3)c3ccccc3-4)cc21. The van der Waals surface area contributed by atoms with Gasteiger partial charge >= 0.3 is 11.9 Å². The average molecular weight is 649 g/mol. The van der Waals surface area contributed by atoms with E-state index in [1.54, 1.807) is 13.8 Å². The molecule has 0 heterocycles. The van der Waals surface area contributed by atoms with Crippen molar-refractivity contribution in [2.75, 3.05) is 0 Å². The van der Waals surface area contributed by atoms with Gasteiger partial charge in [-0.15, -0.1) is 0 Å². The second-order valence-corrected chi connectivity index (χ2v) is 14.7. The summed E-state index contributed by atoms with van der Waals surface area (Å²) in [4.78, 5) is 27.0.